The Kier molecular flexibility index (Phi) is 4.46. The number of aryl methyl sites for hydroxylation is 1. The van der Waals surface area contributed by atoms with Gasteiger partial charge in [-0.2, -0.15) is 0 Å². The van der Waals surface area contributed by atoms with Crippen molar-refractivity contribution in [3.8, 4) is 5.75 Å². The highest BCUT2D eigenvalue weighted by molar-refractivity contribution is 9.10. The van der Waals surface area contributed by atoms with Gasteiger partial charge in [0.2, 0.25) is 5.16 Å². The molecule has 2 aromatic rings. The molecule has 0 aliphatic heterocycles. The summed E-state index contributed by atoms with van der Waals surface area (Å²) in [5.41, 5.74) is 0.400. The summed E-state index contributed by atoms with van der Waals surface area (Å²) >= 11 is 4.18. The highest BCUT2D eigenvalue weighted by Crippen LogP contribution is 2.29. The first-order valence-corrected chi connectivity index (χ1v) is 7.07. The monoisotopic (exact) mass is 355 g/mol. The molecule has 3 N–H and O–H groups in total. The Morgan fingerprint density at radius 2 is 2.25 bits per heavy atom. The fraction of sp³-hybridized carbons (Fsp3) is 0.0833. The highest BCUT2D eigenvalue weighted by atomic mass is 79.9. The number of aromatic amines is 1. The summed E-state index contributed by atoms with van der Waals surface area (Å²) in [5, 5.41) is 25.8. The molecule has 2 rings (SSSR count). The van der Waals surface area contributed by atoms with Crippen molar-refractivity contribution in [2.45, 2.75) is 12.1 Å². The number of hydrogen-bond acceptors (Lipinski definition) is 5. The van der Waals surface area contributed by atoms with Crippen LogP contribution >= 0.6 is 27.7 Å². The third kappa shape index (κ3) is 3.61. The van der Waals surface area contributed by atoms with E-state index in [1.807, 2.05) is 0 Å². The van der Waals surface area contributed by atoms with Crippen LogP contribution in [0.25, 0.3) is 6.08 Å². The summed E-state index contributed by atoms with van der Waals surface area (Å²) in [5.74, 6) is -0.516. The maximum absolute atomic E-state index is 11.3. The van der Waals surface area contributed by atoms with Crippen LogP contribution in [-0.4, -0.2) is 31.4 Å². The van der Waals surface area contributed by atoms with Crippen LogP contribution in [-0.2, 0) is 4.79 Å². The van der Waals surface area contributed by atoms with Crippen molar-refractivity contribution in [1.29, 1.82) is 0 Å². The molecule has 0 fully saturated rings. The Morgan fingerprint density at radius 1 is 1.50 bits per heavy atom. The van der Waals surface area contributed by atoms with Crippen LogP contribution in [0.4, 0.5) is 0 Å². The third-order valence-electron chi connectivity index (χ3n) is 2.26. The number of carbonyl (C=O) groups is 1. The number of benzene rings is 1. The van der Waals surface area contributed by atoms with Gasteiger partial charge in [-0.1, -0.05) is 15.9 Å². The summed E-state index contributed by atoms with van der Waals surface area (Å²) in [6, 6.07) is 4.78. The number of thioether (sulfide) groups is 1. The van der Waals surface area contributed by atoms with Gasteiger partial charge >= 0.3 is 5.97 Å². The number of nitrogens with one attached hydrogen (secondary N) is 1. The predicted molar refractivity (Wildman–Crippen MR) is 78.4 cm³/mol. The lowest BCUT2D eigenvalue weighted by Gasteiger charge is -2.02. The van der Waals surface area contributed by atoms with Gasteiger partial charge in [0.25, 0.3) is 0 Å². The molecule has 8 heteroatoms. The lowest BCUT2D eigenvalue weighted by molar-refractivity contribution is -0.131. The fourth-order valence-corrected chi connectivity index (χ4v) is 2.51. The summed E-state index contributed by atoms with van der Waals surface area (Å²) in [7, 11) is 0. The Morgan fingerprint density at radius 3 is 2.85 bits per heavy atom. The maximum atomic E-state index is 11.3. The first-order valence-electron chi connectivity index (χ1n) is 5.46. The second-order valence-corrected chi connectivity index (χ2v) is 5.75. The summed E-state index contributed by atoms with van der Waals surface area (Å²) in [6.45, 7) is 1.72. The molecular formula is C12H10BrN3O3S. The topological polar surface area (TPSA) is 99.1 Å². The van der Waals surface area contributed by atoms with E-state index in [4.69, 9.17) is 0 Å². The summed E-state index contributed by atoms with van der Waals surface area (Å²) < 4.78 is 0.741. The number of carboxylic acid groups (broad SMARTS) is 1. The number of nitrogens with zero attached hydrogens (tertiary/aromatic N) is 2. The smallest absolute Gasteiger partial charge is 0.342 e. The molecule has 0 saturated heterocycles. The van der Waals surface area contributed by atoms with Crippen molar-refractivity contribution < 1.29 is 15.0 Å². The van der Waals surface area contributed by atoms with Gasteiger partial charge in [-0.25, -0.2) is 9.78 Å². The molecule has 0 bridgehead atoms. The van der Waals surface area contributed by atoms with Crippen LogP contribution in [0, 0.1) is 6.92 Å². The van der Waals surface area contributed by atoms with Gasteiger partial charge in [0, 0.05) is 10.0 Å². The Bertz CT molecular complexity index is 684. The third-order valence-corrected chi connectivity index (χ3v) is 3.64. The van der Waals surface area contributed by atoms with E-state index in [9.17, 15) is 15.0 Å². The van der Waals surface area contributed by atoms with Gasteiger partial charge in [0.15, 0.2) is 0 Å². The number of H-pyrrole nitrogens is 1. The molecule has 0 spiro atoms. The number of aromatic nitrogens is 3. The second kappa shape index (κ2) is 6.10. The van der Waals surface area contributed by atoms with Crippen LogP contribution in [0.5, 0.6) is 5.75 Å². The number of aliphatic carboxylic acids is 1. The number of phenolic OH excluding ortho intramolecular Hbond substituents is 1. The van der Waals surface area contributed by atoms with E-state index in [0.717, 1.165) is 16.2 Å². The minimum atomic E-state index is -1.11. The standard InChI is InChI=1S/C12H10BrN3O3S/c1-6-14-12(16-15-6)20-10(11(18)19)5-7-4-8(13)2-3-9(7)17/h2-5,17H,1H3,(H,18,19)(H,14,15,16)/b10-5-. The SMILES string of the molecule is Cc1nc(S/C(=C\c2cc(Br)ccc2O)C(=O)O)n[nH]1. The molecule has 0 saturated carbocycles. The molecule has 6 nitrogen and oxygen atoms in total. The first-order chi connectivity index (χ1) is 9.45. The molecule has 20 heavy (non-hydrogen) atoms. The number of halogens is 1. The Balaban J connectivity index is 2.35. The van der Waals surface area contributed by atoms with E-state index in [2.05, 4.69) is 31.1 Å². The number of aromatic hydroxyl groups is 1. The van der Waals surface area contributed by atoms with Crippen molar-refractivity contribution in [2.24, 2.45) is 0 Å². The van der Waals surface area contributed by atoms with Gasteiger partial charge in [0.05, 0.1) is 0 Å². The molecule has 0 unspecified atom stereocenters. The van der Waals surface area contributed by atoms with Gasteiger partial charge in [-0.05, 0) is 43.0 Å². The van der Waals surface area contributed by atoms with E-state index in [1.165, 1.54) is 12.1 Å². The Labute approximate surface area is 127 Å². The lowest BCUT2D eigenvalue weighted by atomic mass is 10.2. The van der Waals surface area contributed by atoms with Crippen molar-refractivity contribution >= 4 is 39.7 Å². The lowest BCUT2D eigenvalue weighted by Crippen LogP contribution is -1.97. The summed E-state index contributed by atoms with van der Waals surface area (Å²) in [6.07, 6.45) is 1.37. The first kappa shape index (κ1) is 14.6. The fourth-order valence-electron chi connectivity index (χ4n) is 1.38. The van der Waals surface area contributed by atoms with Gasteiger partial charge in [-0.15, -0.1) is 5.10 Å². The molecule has 1 heterocycles. The average Bonchev–Trinajstić information content (AvgIpc) is 2.78. The zero-order chi connectivity index (χ0) is 14.7. The molecule has 0 atom stereocenters. The summed E-state index contributed by atoms with van der Waals surface area (Å²) in [4.78, 5) is 15.3. The molecule has 1 aromatic carbocycles. The van der Waals surface area contributed by atoms with Crippen molar-refractivity contribution in [3.63, 3.8) is 0 Å². The van der Waals surface area contributed by atoms with Gasteiger partial charge in [-0.3, -0.25) is 5.10 Å². The van der Waals surface area contributed by atoms with Crippen LogP contribution < -0.4 is 0 Å². The quantitative estimate of drug-likeness (QED) is 0.576. The van der Waals surface area contributed by atoms with E-state index in [-0.39, 0.29) is 10.7 Å². The maximum Gasteiger partial charge on any atom is 0.342 e. The normalized spacial score (nSPS) is 11.6. The molecule has 0 aliphatic carbocycles. The number of phenols is 1. The number of carboxylic acids is 1. The molecule has 104 valence electrons. The van der Waals surface area contributed by atoms with Crippen LogP contribution in [0.2, 0.25) is 0 Å². The molecule has 0 aliphatic rings. The highest BCUT2D eigenvalue weighted by Gasteiger charge is 2.14. The van der Waals surface area contributed by atoms with E-state index >= 15 is 0 Å². The molecule has 0 radical (unpaired) electrons. The molecule has 1 aromatic heterocycles. The molecular weight excluding hydrogens is 346 g/mol. The molecule has 0 amide bonds. The average molecular weight is 356 g/mol. The number of rotatable bonds is 4. The van der Waals surface area contributed by atoms with Crippen LogP contribution in [0.3, 0.4) is 0 Å². The van der Waals surface area contributed by atoms with Crippen LogP contribution in [0.15, 0.2) is 32.7 Å². The Hall–Kier alpha value is -1.80. The van der Waals surface area contributed by atoms with Gasteiger partial charge < -0.3 is 10.2 Å². The minimum Gasteiger partial charge on any atom is -0.507 e. The minimum absolute atomic E-state index is 0.00119. The second-order valence-electron chi connectivity index (χ2n) is 3.82. The van der Waals surface area contributed by atoms with Crippen molar-refractivity contribution in [1.82, 2.24) is 15.2 Å². The number of hydrogen-bond donors (Lipinski definition) is 3. The van der Waals surface area contributed by atoms with Crippen LogP contribution in [0.1, 0.15) is 11.4 Å². The predicted octanol–water partition coefficient (Wildman–Crippen LogP) is 2.80. The zero-order valence-electron chi connectivity index (χ0n) is 10.3. The van der Waals surface area contributed by atoms with E-state index < -0.39 is 5.97 Å². The van der Waals surface area contributed by atoms with Crippen molar-refractivity contribution in [3.05, 3.63) is 39.0 Å². The van der Waals surface area contributed by atoms with Crippen molar-refractivity contribution in [2.75, 3.05) is 0 Å². The zero-order valence-corrected chi connectivity index (χ0v) is 12.7. The largest absolute Gasteiger partial charge is 0.507 e. The van der Waals surface area contributed by atoms with Gasteiger partial charge in [0.1, 0.15) is 16.5 Å². The van der Waals surface area contributed by atoms with E-state index in [1.54, 1.807) is 19.1 Å². The van der Waals surface area contributed by atoms with E-state index in [0.29, 0.717) is 16.5 Å².